The lowest BCUT2D eigenvalue weighted by Crippen LogP contribution is -2.39. The number of benzene rings is 2. The smallest absolute Gasteiger partial charge is 0.0291 e. The lowest BCUT2D eigenvalue weighted by molar-refractivity contribution is 0.519. The third-order valence-electron chi connectivity index (χ3n) is 4.25. The van der Waals surface area contributed by atoms with E-state index in [1.54, 1.807) is 0 Å². The molecule has 0 radical (unpaired) electrons. The average molecular weight is 282 g/mol. The Morgan fingerprint density at radius 2 is 1.52 bits per heavy atom. The third-order valence-corrected chi connectivity index (χ3v) is 4.25. The summed E-state index contributed by atoms with van der Waals surface area (Å²) in [4.78, 5) is 0. The number of nitrogens with two attached hydrogens (primary N) is 1. The number of nitrogens with one attached hydrogen (secondary N) is 1. The van der Waals surface area contributed by atoms with Crippen LogP contribution >= 0.6 is 0 Å². The first-order valence-electron chi connectivity index (χ1n) is 7.58. The summed E-state index contributed by atoms with van der Waals surface area (Å²) in [6.07, 6.45) is 1.92. The van der Waals surface area contributed by atoms with Crippen LogP contribution < -0.4 is 11.3 Å². The Morgan fingerprint density at radius 3 is 2.10 bits per heavy atom. The Labute approximate surface area is 128 Å². The van der Waals surface area contributed by atoms with Gasteiger partial charge >= 0.3 is 0 Å². The quantitative estimate of drug-likeness (QED) is 0.650. The molecule has 0 saturated carbocycles. The number of aryl methyl sites for hydroxylation is 4. The maximum Gasteiger partial charge on any atom is 0.0291 e. The molecule has 112 valence electrons. The van der Waals surface area contributed by atoms with Crippen LogP contribution in [0.2, 0.25) is 0 Å². The molecule has 0 saturated heterocycles. The highest BCUT2D eigenvalue weighted by Gasteiger charge is 2.13. The Hall–Kier alpha value is -1.64. The highest BCUT2D eigenvalue weighted by atomic mass is 15.2. The Balaban J connectivity index is 2.19. The Morgan fingerprint density at radius 1 is 0.905 bits per heavy atom. The molecule has 0 aliphatic rings. The summed E-state index contributed by atoms with van der Waals surface area (Å²) in [7, 11) is 0. The molecule has 1 unspecified atom stereocenters. The van der Waals surface area contributed by atoms with E-state index in [1.807, 2.05) is 0 Å². The minimum absolute atomic E-state index is 0.256. The van der Waals surface area contributed by atoms with E-state index >= 15 is 0 Å². The number of hydrogen-bond acceptors (Lipinski definition) is 2. The van der Waals surface area contributed by atoms with Crippen molar-refractivity contribution < 1.29 is 0 Å². The van der Waals surface area contributed by atoms with Crippen molar-refractivity contribution in [1.29, 1.82) is 0 Å². The van der Waals surface area contributed by atoms with Crippen LogP contribution in [0.3, 0.4) is 0 Å². The molecule has 0 amide bonds. The maximum absolute atomic E-state index is 5.80. The van der Waals surface area contributed by atoms with Gasteiger partial charge in [-0.15, -0.1) is 0 Å². The van der Waals surface area contributed by atoms with Crippen LogP contribution in [0.25, 0.3) is 0 Å². The van der Waals surface area contributed by atoms with Gasteiger partial charge in [0.25, 0.3) is 0 Å². The van der Waals surface area contributed by atoms with Crippen molar-refractivity contribution >= 4 is 0 Å². The van der Waals surface area contributed by atoms with Gasteiger partial charge in [0.05, 0.1) is 0 Å². The van der Waals surface area contributed by atoms with Gasteiger partial charge in [0.15, 0.2) is 0 Å². The Bertz CT molecular complexity index is 594. The van der Waals surface area contributed by atoms with Crippen LogP contribution in [0.5, 0.6) is 0 Å². The van der Waals surface area contributed by atoms with Crippen molar-refractivity contribution in [3.05, 3.63) is 69.8 Å². The van der Waals surface area contributed by atoms with Crippen molar-refractivity contribution in [1.82, 2.24) is 5.43 Å². The molecular formula is C19H26N2. The van der Waals surface area contributed by atoms with Crippen LogP contribution in [0.4, 0.5) is 0 Å². The second-order valence-corrected chi connectivity index (χ2v) is 6.08. The van der Waals surface area contributed by atoms with Gasteiger partial charge in [0, 0.05) is 6.04 Å². The van der Waals surface area contributed by atoms with Crippen molar-refractivity contribution in [3.8, 4) is 0 Å². The topological polar surface area (TPSA) is 38.0 Å². The van der Waals surface area contributed by atoms with Gasteiger partial charge in [-0.1, -0.05) is 42.0 Å². The van der Waals surface area contributed by atoms with Crippen molar-refractivity contribution in [2.45, 2.75) is 46.6 Å². The number of hydrazine groups is 1. The monoisotopic (exact) mass is 282 g/mol. The SMILES string of the molecule is Cc1cc(C)c(CC(Cc2ccccc2C)NN)c(C)c1. The number of hydrogen-bond donors (Lipinski definition) is 2. The summed E-state index contributed by atoms with van der Waals surface area (Å²) >= 11 is 0. The van der Waals surface area contributed by atoms with Crippen molar-refractivity contribution in [2.24, 2.45) is 5.84 Å². The first-order valence-corrected chi connectivity index (χ1v) is 7.58. The summed E-state index contributed by atoms with van der Waals surface area (Å²) < 4.78 is 0. The molecule has 3 N–H and O–H groups in total. The summed E-state index contributed by atoms with van der Waals surface area (Å²) in [5, 5.41) is 0. The summed E-state index contributed by atoms with van der Waals surface area (Å²) in [5.74, 6) is 5.80. The van der Waals surface area contributed by atoms with Gasteiger partial charge in [-0.05, 0) is 68.4 Å². The Kier molecular flexibility index (Phi) is 5.16. The largest absolute Gasteiger partial charge is 0.271 e. The van der Waals surface area contributed by atoms with Gasteiger partial charge in [0.2, 0.25) is 0 Å². The minimum atomic E-state index is 0.256. The van der Waals surface area contributed by atoms with E-state index in [4.69, 9.17) is 5.84 Å². The fourth-order valence-electron chi connectivity index (χ4n) is 3.07. The summed E-state index contributed by atoms with van der Waals surface area (Å²) in [5.41, 5.74) is 11.1. The van der Waals surface area contributed by atoms with Crippen LogP contribution in [-0.2, 0) is 12.8 Å². The normalized spacial score (nSPS) is 12.4. The van der Waals surface area contributed by atoms with Gasteiger partial charge in [-0.2, -0.15) is 0 Å². The molecule has 1 atom stereocenters. The molecule has 0 bridgehead atoms. The summed E-state index contributed by atoms with van der Waals surface area (Å²) in [6, 6.07) is 13.3. The molecular weight excluding hydrogens is 256 g/mol. The van der Waals surface area contributed by atoms with E-state index in [9.17, 15) is 0 Å². The first kappa shape index (κ1) is 15.7. The fourth-order valence-corrected chi connectivity index (χ4v) is 3.07. The van der Waals surface area contributed by atoms with Crippen LogP contribution in [-0.4, -0.2) is 6.04 Å². The van der Waals surface area contributed by atoms with Crippen LogP contribution in [0, 0.1) is 27.7 Å². The molecule has 2 heteroatoms. The standard InChI is InChI=1S/C19H26N2/c1-13-9-15(3)19(16(4)10-13)12-18(21-20)11-17-8-6-5-7-14(17)2/h5-10,18,21H,11-12,20H2,1-4H3. The molecule has 0 aliphatic carbocycles. The molecule has 0 spiro atoms. The van der Waals surface area contributed by atoms with E-state index in [-0.39, 0.29) is 6.04 Å². The van der Waals surface area contributed by atoms with Crippen LogP contribution in [0.15, 0.2) is 36.4 Å². The zero-order valence-corrected chi connectivity index (χ0v) is 13.5. The molecule has 0 heterocycles. The zero-order valence-electron chi connectivity index (χ0n) is 13.5. The molecule has 2 nitrogen and oxygen atoms in total. The highest BCUT2D eigenvalue weighted by Crippen LogP contribution is 2.20. The van der Waals surface area contributed by atoms with Gasteiger partial charge in [-0.3, -0.25) is 11.3 Å². The van der Waals surface area contributed by atoms with Gasteiger partial charge in [0.1, 0.15) is 0 Å². The molecule has 2 aromatic rings. The third kappa shape index (κ3) is 3.93. The van der Waals surface area contributed by atoms with Gasteiger partial charge < -0.3 is 0 Å². The van der Waals surface area contributed by atoms with E-state index in [0.29, 0.717) is 0 Å². The predicted octanol–water partition coefficient (Wildman–Crippen LogP) is 3.54. The molecule has 0 aromatic heterocycles. The molecule has 2 rings (SSSR count). The lowest BCUT2D eigenvalue weighted by Gasteiger charge is -2.20. The van der Waals surface area contributed by atoms with E-state index in [0.717, 1.165) is 12.8 Å². The first-order chi connectivity index (χ1) is 10.0. The second kappa shape index (κ2) is 6.88. The predicted molar refractivity (Wildman–Crippen MR) is 90.4 cm³/mol. The zero-order chi connectivity index (χ0) is 15.4. The van der Waals surface area contributed by atoms with Crippen molar-refractivity contribution in [2.75, 3.05) is 0 Å². The van der Waals surface area contributed by atoms with Gasteiger partial charge in [-0.25, -0.2) is 0 Å². The minimum Gasteiger partial charge on any atom is -0.271 e. The van der Waals surface area contributed by atoms with E-state index in [1.165, 1.54) is 33.4 Å². The fraction of sp³-hybridized carbons (Fsp3) is 0.368. The maximum atomic E-state index is 5.80. The van der Waals surface area contributed by atoms with E-state index in [2.05, 4.69) is 69.5 Å². The lowest BCUT2D eigenvalue weighted by atomic mass is 9.91. The van der Waals surface area contributed by atoms with E-state index < -0.39 is 0 Å². The van der Waals surface area contributed by atoms with Crippen LogP contribution in [0.1, 0.15) is 33.4 Å². The number of rotatable bonds is 5. The second-order valence-electron chi connectivity index (χ2n) is 6.08. The molecule has 21 heavy (non-hydrogen) atoms. The average Bonchev–Trinajstić information content (AvgIpc) is 2.43. The summed E-state index contributed by atoms with van der Waals surface area (Å²) in [6.45, 7) is 8.69. The highest BCUT2D eigenvalue weighted by molar-refractivity contribution is 5.38. The molecule has 0 fully saturated rings. The van der Waals surface area contributed by atoms with Crippen molar-refractivity contribution in [3.63, 3.8) is 0 Å². The molecule has 2 aromatic carbocycles. The molecule has 0 aliphatic heterocycles.